The Labute approximate surface area is 131 Å². The van der Waals surface area contributed by atoms with Gasteiger partial charge in [0.25, 0.3) is 0 Å². The predicted molar refractivity (Wildman–Crippen MR) is 90.7 cm³/mol. The first-order chi connectivity index (χ1) is 10.2. The van der Waals surface area contributed by atoms with Gasteiger partial charge in [0, 0.05) is 32.9 Å². The highest BCUT2D eigenvalue weighted by atomic mass is 16.2. The molecule has 0 saturated carbocycles. The van der Waals surface area contributed by atoms with Crippen molar-refractivity contribution in [2.24, 2.45) is 0 Å². The summed E-state index contributed by atoms with van der Waals surface area (Å²) in [5.41, 5.74) is 0. The van der Waals surface area contributed by atoms with Crippen LogP contribution in [0, 0.1) is 24.7 Å². The molecule has 0 rings (SSSR count). The maximum atomic E-state index is 11.9. The minimum absolute atomic E-state index is 0.268. The number of hydrogen-bond donors (Lipinski definition) is 0. The van der Waals surface area contributed by atoms with Gasteiger partial charge in [-0.15, -0.1) is 24.7 Å². The van der Waals surface area contributed by atoms with Crippen LogP contribution in [0.4, 0.5) is 0 Å². The lowest BCUT2D eigenvalue weighted by atomic mass is 10.1. The van der Waals surface area contributed by atoms with Crippen molar-refractivity contribution >= 4 is 5.91 Å². The van der Waals surface area contributed by atoms with Gasteiger partial charge in [-0.3, -0.25) is 4.79 Å². The molecule has 0 N–H and O–H groups in total. The molecule has 0 aliphatic rings. The number of amides is 1. The van der Waals surface area contributed by atoms with Gasteiger partial charge in [0.1, 0.15) is 0 Å². The second kappa shape index (κ2) is 15.0. The Morgan fingerprint density at radius 3 is 1.86 bits per heavy atom. The van der Waals surface area contributed by atoms with Crippen molar-refractivity contribution in [3.63, 3.8) is 0 Å². The summed E-state index contributed by atoms with van der Waals surface area (Å²) in [5, 5.41) is 0. The van der Waals surface area contributed by atoms with E-state index in [1.54, 1.807) is 0 Å². The molecule has 0 unspecified atom stereocenters. The smallest absolute Gasteiger partial charge is 0.222 e. The first kappa shape index (κ1) is 19.6. The van der Waals surface area contributed by atoms with E-state index < -0.39 is 0 Å². The van der Waals surface area contributed by atoms with Gasteiger partial charge in [0.05, 0.1) is 0 Å². The van der Waals surface area contributed by atoms with E-state index >= 15 is 0 Å². The first-order valence-corrected chi connectivity index (χ1v) is 8.33. The summed E-state index contributed by atoms with van der Waals surface area (Å²) in [5.74, 6) is 5.57. The van der Waals surface area contributed by atoms with Crippen molar-refractivity contribution in [2.75, 3.05) is 13.6 Å². The van der Waals surface area contributed by atoms with Gasteiger partial charge in [-0.25, -0.2) is 0 Å². The van der Waals surface area contributed by atoms with Crippen LogP contribution in [0.15, 0.2) is 0 Å². The lowest BCUT2D eigenvalue weighted by molar-refractivity contribution is -0.130. The summed E-state index contributed by atoms with van der Waals surface area (Å²) in [6.07, 6.45) is 23.2. The average molecular weight is 289 g/mol. The second-order valence-electron chi connectivity index (χ2n) is 5.66. The van der Waals surface area contributed by atoms with E-state index in [4.69, 9.17) is 12.8 Å². The van der Waals surface area contributed by atoms with Crippen LogP contribution in [0.2, 0.25) is 0 Å². The molecule has 2 heteroatoms. The number of carbonyl (C=O) groups excluding carboxylic acids is 1. The Morgan fingerprint density at radius 1 is 0.810 bits per heavy atom. The van der Waals surface area contributed by atoms with Crippen molar-refractivity contribution in [2.45, 2.75) is 77.0 Å². The molecule has 1 amide bonds. The molecule has 0 aromatic carbocycles. The van der Waals surface area contributed by atoms with Gasteiger partial charge < -0.3 is 4.90 Å². The molecular weight excluding hydrogens is 258 g/mol. The molecule has 2 nitrogen and oxygen atoms in total. The summed E-state index contributed by atoms with van der Waals surface area (Å²) in [4.78, 5) is 13.7. The van der Waals surface area contributed by atoms with Gasteiger partial charge >= 0.3 is 0 Å². The Hall–Kier alpha value is -1.41. The Kier molecular flexibility index (Phi) is 14.0. The molecule has 0 saturated heterocycles. The summed E-state index contributed by atoms with van der Waals surface area (Å²) in [6.45, 7) is 0.829. The molecule has 0 radical (unpaired) electrons. The van der Waals surface area contributed by atoms with Crippen molar-refractivity contribution < 1.29 is 4.79 Å². The second-order valence-corrected chi connectivity index (χ2v) is 5.66. The Bertz CT molecular complexity index is 334. The van der Waals surface area contributed by atoms with Gasteiger partial charge in [-0.2, -0.15) is 0 Å². The molecule has 0 fully saturated rings. The van der Waals surface area contributed by atoms with Crippen molar-refractivity contribution in [1.29, 1.82) is 0 Å². The van der Waals surface area contributed by atoms with Crippen LogP contribution >= 0.6 is 0 Å². The van der Waals surface area contributed by atoms with Crippen molar-refractivity contribution in [3.05, 3.63) is 0 Å². The van der Waals surface area contributed by atoms with Gasteiger partial charge in [0.15, 0.2) is 0 Å². The molecule has 0 heterocycles. The van der Waals surface area contributed by atoms with Crippen LogP contribution in [0.25, 0.3) is 0 Å². The lowest BCUT2D eigenvalue weighted by Gasteiger charge is -2.16. The maximum absolute atomic E-state index is 11.9. The molecular formula is C19H31NO. The van der Waals surface area contributed by atoms with Crippen molar-refractivity contribution in [1.82, 2.24) is 4.90 Å². The molecule has 118 valence electrons. The van der Waals surface area contributed by atoms with Gasteiger partial charge in [-0.05, 0) is 25.7 Å². The highest BCUT2D eigenvalue weighted by molar-refractivity contribution is 5.75. The van der Waals surface area contributed by atoms with E-state index in [0.717, 1.165) is 51.5 Å². The van der Waals surface area contributed by atoms with Gasteiger partial charge in [0.2, 0.25) is 5.91 Å². The molecule has 0 aliphatic carbocycles. The fraction of sp³-hybridized carbons (Fsp3) is 0.737. The van der Waals surface area contributed by atoms with E-state index in [2.05, 4.69) is 11.8 Å². The quantitative estimate of drug-likeness (QED) is 0.364. The monoisotopic (exact) mass is 289 g/mol. The van der Waals surface area contributed by atoms with E-state index in [1.165, 1.54) is 25.7 Å². The highest BCUT2D eigenvalue weighted by Gasteiger charge is 2.07. The molecule has 0 aromatic rings. The van der Waals surface area contributed by atoms with Crippen molar-refractivity contribution in [3.8, 4) is 24.7 Å². The third-order valence-electron chi connectivity index (χ3n) is 3.70. The highest BCUT2D eigenvalue weighted by Crippen LogP contribution is 2.10. The number of hydrogen-bond acceptors (Lipinski definition) is 1. The number of nitrogens with zero attached hydrogens (tertiary/aromatic N) is 1. The number of rotatable bonds is 13. The normalized spacial score (nSPS) is 9.86. The predicted octanol–water partition coefficient (Wildman–Crippen LogP) is 4.39. The van der Waals surface area contributed by atoms with E-state index in [9.17, 15) is 4.79 Å². The van der Waals surface area contributed by atoms with E-state index in [0.29, 0.717) is 6.42 Å². The summed E-state index contributed by atoms with van der Waals surface area (Å²) in [7, 11) is 1.89. The van der Waals surface area contributed by atoms with Gasteiger partial charge in [-0.1, -0.05) is 32.1 Å². The third kappa shape index (κ3) is 13.3. The van der Waals surface area contributed by atoms with Crippen LogP contribution in [0.3, 0.4) is 0 Å². The molecule has 21 heavy (non-hydrogen) atoms. The molecule has 0 atom stereocenters. The molecule has 0 bridgehead atoms. The molecule has 0 aromatic heterocycles. The van der Waals surface area contributed by atoms with Crippen LogP contribution in [0.1, 0.15) is 77.0 Å². The average Bonchev–Trinajstić information content (AvgIpc) is 2.49. The molecule has 0 aliphatic heterocycles. The SMILES string of the molecule is C#CCCCCCCCCCC(=O)N(C)CCCCC#C. The maximum Gasteiger partial charge on any atom is 0.222 e. The Balaban J connectivity index is 3.36. The molecule has 0 spiro atoms. The fourth-order valence-corrected chi connectivity index (χ4v) is 2.28. The van der Waals surface area contributed by atoms with Crippen LogP contribution in [-0.2, 0) is 4.79 Å². The zero-order chi connectivity index (χ0) is 15.8. The number of unbranched alkanes of at least 4 members (excludes halogenated alkanes) is 9. The van der Waals surface area contributed by atoms with Crippen LogP contribution in [0.5, 0.6) is 0 Å². The summed E-state index contributed by atoms with van der Waals surface area (Å²) in [6, 6.07) is 0. The zero-order valence-corrected chi connectivity index (χ0v) is 13.7. The number of terminal acetylenes is 2. The first-order valence-electron chi connectivity index (χ1n) is 8.33. The van der Waals surface area contributed by atoms with Crippen LogP contribution in [-0.4, -0.2) is 24.4 Å². The topological polar surface area (TPSA) is 20.3 Å². The number of carbonyl (C=O) groups is 1. The summed E-state index contributed by atoms with van der Waals surface area (Å²) >= 11 is 0. The van der Waals surface area contributed by atoms with Crippen LogP contribution < -0.4 is 0 Å². The summed E-state index contributed by atoms with van der Waals surface area (Å²) < 4.78 is 0. The third-order valence-corrected chi connectivity index (χ3v) is 3.70. The fourth-order valence-electron chi connectivity index (χ4n) is 2.28. The zero-order valence-electron chi connectivity index (χ0n) is 13.7. The lowest BCUT2D eigenvalue weighted by Crippen LogP contribution is -2.27. The van der Waals surface area contributed by atoms with E-state index in [-0.39, 0.29) is 5.91 Å². The standard InChI is InChI=1S/C19H31NO/c1-4-6-8-10-11-12-13-14-15-17-19(21)20(3)18-16-9-7-5-2/h1-2H,6-18H2,3H3. The van der Waals surface area contributed by atoms with E-state index in [1.807, 2.05) is 11.9 Å². The largest absolute Gasteiger partial charge is 0.346 e. The minimum atomic E-state index is 0.268. The Morgan fingerprint density at radius 2 is 1.29 bits per heavy atom. The minimum Gasteiger partial charge on any atom is -0.346 e.